The Bertz CT molecular complexity index is 550. The summed E-state index contributed by atoms with van der Waals surface area (Å²) in [4.78, 5) is 2.52. The largest absolute Gasteiger partial charge is 0.303 e. The summed E-state index contributed by atoms with van der Waals surface area (Å²) in [6.07, 6.45) is 0. The minimum atomic E-state index is -3.43. The van der Waals surface area contributed by atoms with E-state index in [0.29, 0.717) is 4.90 Å². The van der Waals surface area contributed by atoms with E-state index in [1.165, 1.54) is 0 Å². The molecule has 0 aliphatic carbocycles. The number of piperazine rings is 1. The smallest absolute Gasteiger partial charge is 0.243 e. The molecule has 2 atom stereocenters. The van der Waals surface area contributed by atoms with Gasteiger partial charge < -0.3 is 4.90 Å². The molecule has 1 heterocycles. The molecule has 0 saturated carbocycles. The van der Waals surface area contributed by atoms with Crippen molar-refractivity contribution < 1.29 is 8.42 Å². The van der Waals surface area contributed by atoms with E-state index < -0.39 is 10.0 Å². The quantitative estimate of drug-likeness (QED) is 0.823. The number of nitrogens with zero attached hydrogens (tertiary/aromatic N) is 2. The van der Waals surface area contributed by atoms with E-state index in [9.17, 15) is 8.42 Å². The first-order valence-corrected chi connectivity index (χ1v) is 8.53. The van der Waals surface area contributed by atoms with Gasteiger partial charge in [-0.15, -0.1) is 0 Å². The lowest BCUT2D eigenvalue weighted by molar-refractivity contribution is 0.123. The molecule has 0 N–H and O–H groups in total. The van der Waals surface area contributed by atoms with Crippen molar-refractivity contribution in [1.29, 1.82) is 0 Å². The number of sulfonamides is 1. The van der Waals surface area contributed by atoms with Gasteiger partial charge in [0.1, 0.15) is 0 Å². The number of benzene rings is 1. The van der Waals surface area contributed by atoms with Gasteiger partial charge in [-0.2, -0.15) is 4.31 Å². The lowest BCUT2D eigenvalue weighted by Gasteiger charge is -2.42. The summed E-state index contributed by atoms with van der Waals surface area (Å²) in [6, 6.07) is 6.86. The Hall–Kier alpha value is -0.430. The molecule has 2 rings (SSSR count). The molecule has 19 heavy (non-hydrogen) atoms. The summed E-state index contributed by atoms with van der Waals surface area (Å²) in [5, 5.41) is 0. The third kappa shape index (κ3) is 3.02. The summed E-state index contributed by atoms with van der Waals surface area (Å²) < 4.78 is 27.9. The highest BCUT2D eigenvalue weighted by atomic mass is 79.9. The lowest BCUT2D eigenvalue weighted by Crippen LogP contribution is -2.57. The van der Waals surface area contributed by atoms with Crippen LogP contribution < -0.4 is 0 Å². The highest BCUT2D eigenvalue weighted by Crippen LogP contribution is 2.26. The number of halogens is 1. The van der Waals surface area contributed by atoms with Crippen molar-refractivity contribution >= 4 is 26.0 Å². The Morgan fingerprint density at radius 1 is 1.21 bits per heavy atom. The average Bonchev–Trinajstić information content (AvgIpc) is 2.26. The van der Waals surface area contributed by atoms with Crippen molar-refractivity contribution in [1.82, 2.24) is 9.21 Å². The van der Waals surface area contributed by atoms with Crippen molar-refractivity contribution in [3.8, 4) is 0 Å². The molecule has 0 amide bonds. The lowest BCUT2D eigenvalue weighted by atomic mass is 10.2. The molecule has 1 saturated heterocycles. The predicted octanol–water partition coefficient (Wildman–Crippen LogP) is 2.16. The molecule has 1 aromatic rings. The van der Waals surface area contributed by atoms with Gasteiger partial charge in [-0.1, -0.05) is 22.0 Å². The van der Waals surface area contributed by atoms with Crippen LogP contribution in [-0.2, 0) is 10.0 Å². The zero-order valence-corrected chi connectivity index (χ0v) is 13.8. The third-order valence-electron chi connectivity index (χ3n) is 3.39. The molecule has 1 fully saturated rings. The number of likely N-dealkylation sites (N-methyl/N-ethyl adjacent to an activating group) is 1. The second kappa shape index (κ2) is 5.52. The SMILES string of the molecule is C[C@@H]1CN(C)C[C@H](C)N1S(=O)(=O)c1cccc(Br)c1. The van der Waals surface area contributed by atoms with Crippen molar-refractivity contribution in [2.75, 3.05) is 20.1 Å². The first kappa shape index (κ1) is 15.0. The van der Waals surface area contributed by atoms with Crippen molar-refractivity contribution in [3.05, 3.63) is 28.7 Å². The zero-order valence-electron chi connectivity index (χ0n) is 11.4. The minimum absolute atomic E-state index is 0.0160. The first-order valence-electron chi connectivity index (χ1n) is 6.30. The molecule has 0 aromatic heterocycles. The summed E-state index contributed by atoms with van der Waals surface area (Å²) in [7, 11) is -1.41. The Morgan fingerprint density at radius 2 is 1.79 bits per heavy atom. The molecular formula is C13H19BrN2O2S. The van der Waals surface area contributed by atoms with Crippen LogP contribution in [0.2, 0.25) is 0 Å². The van der Waals surface area contributed by atoms with E-state index in [-0.39, 0.29) is 12.1 Å². The summed E-state index contributed by atoms with van der Waals surface area (Å²) in [5.41, 5.74) is 0. The van der Waals surface area contributed by atoms with Crippen LogP contribution in [0.5, 0.6) is 0 Å². The Labute approximate surface area is 123 Å². The van der Waals surface area contributed by atoms with Crippen LogP contribution in [0.4, 0.5) is 0 Å². The van der Waals surface area contributed by atoms with Crippen LogP contribution in [0.15, 0.2) is 33.6 Å². The fourth-order valence-electron chi connectivity index (χ4n) is 2.79. The fourth-order valence-corrected chi connectivity index (χ4v) is 5.20. The van der Waals surface area contributed by atoms with E-state index in [0.717, 1.165) is 17.6 Å². The predicted molar refractivity (Wildman–Crippen MR) is 79.6 cm³/mol. The Morgan fingerprint density at radius 3 is 2.32 bits per heavy atom. The topological polar surface area (TPSA) is 40.6 Å². The highest BCUT2D eigenvalue weighted by Gasteiger charge is 2.37. The summed E-state index contributed by atoms with van der Waals surface area (Å²) >= 11 is 3.33. The number of rotatable bonds is 2. The molecule has 1 aliphatic rings. The second-order valence-corrected chi connectivity index (χ2v) is 7.97. The Kier molecular flexibility index (Phi) is 4.35. The standard InChI is InChI=1S/C13H19BrN2O2S/c1-10-8-15(3)9-11(2)16(10)19(17,18)13-6-4-5-12(14)7-13/h4-7,10-11H,8-9H2,1-3H3/t10-,11+. The number of hydrogen-bond donors (Lipinski definition) is 0. The van der Waals surface area contributed by atoms with E-state index in [1.54, 1.807) is 22.5 Å². The zero-order chi connectivity index (χ0) is 14.2. The van der Waals surface area contributed by atoms with Gasteiger partial charge in [-0.3, -0.25) is 0 Å². The van der Waals surface area contributed by atoms with Crippen LogP contribution in [0.1, 0.15) is 13.8 Å². The molecule has 1 aromatic carbocycles. The molecule has 0 bridgehead atoms. The van der Waals surface area contributed by atoms with Crippen LogP contribution in [0.25, 0.3) is 0 Å². The van der Waals surface area contributed by atoms with Gasteiger partial charge >= 0.3 is 0 Å². The van der Waals surface area contributed by atoms with Crippen molar-refractivity contribution in [2.45, 2.75) is 30.8 Å². The monoisotopic (exact) mass is 346 g/mol. The molecule has 0 radical (unpaired) electrons. The highest BCUT2D eigenvalue weighted by molar-refractivity contribution is 9.10. The first-order chi connectivity index (χ1) is 8.82. The van der Waals surface area contributed by atoms with Gasteiger partial charge in [-0.25, -0.2) is 8.42 Å². The van der Waals surface area contributed by atoms with E-state index in [2.05, 4.69) is 20.8 Å². The van der Waals surface area contributed by atoms with Gasteiger partial charge in [-0.05, 0) is 39.1 Å². The normalized spacial score (nSPS) is 26.5. The van der Waals surface area contributed by atoms with Crippen molar-refractivity contribution in [2.24, 2.45) is 0 Å². The van der Waals surface area contributed by atoms with Gasteiger partial charge in [0.05, 0.1) is 4.90 Å². The molecule has 4 nitrogen and oxygen atoms in total. The fraction of sp³-hybridized carbons (Fsp3) is 0.538. The number of hydrogen-bond acceptors (Lipinski definition) is 3. The maximum atomic E-state index is 12.8. The molecule has 1 aliphatic heterocycles. The van der Waals surface area contributed by atoms with Gasteiger partial charge in [0.25, 0.3) is 0 Å². The Balaban J connectivity index is 2.39. The van der Waals surface area contributed by atoms with Crippen LogP contribution in [-0.4, -0.2) is 49.8 Å². The van der Waals surface area contributed by atoms with Gasteiger partial charge in [0, 0.05) is 29.6 Å². The van der Waals surface area contributed by atoms with Gasteiger partial charge in [0.15, 0.2) is 0 Å². The second-order valence-electron chi connectivity index (χ2n) is 5.21. The van der Waals surface area contributed by atoms with E-state index >= 15 is 0 Å². The van der Waals surface area contributed by atoms with Crippen LogP contribution in [0, 0.1) is 0 Å². The maximum absolute atomic E-state index is 12.8. The molecule has 0 unspecified atom stereocenters. The van der Waals surface area contributed by atoms with Gasteiger partial charge in [0.2, 0.25) is 10.0 Å². The van der Waals surface area contributed by atoms with Crippen LogP contribution in [0.3, 0.4) is 0 Å². The van der Waals surface area contributed by atoms with Crippen molar-refractivity contribution in [3.63, 3.8) is 0 Å². The average molecular weight is 347 g/mol. The molecule has 0 spiro atoms. The molecule has 106 valence electrons. The minimum Gasteiger partial charge on any atom is -0.303 e. The van der Waals surface area contributed by atoms with E-state index in [4.69, 9.17) is 0 Å². The van der Waals surface area contributed by atoms with E-state index in [1.807, 2.05) is 27.0 Å². The van der Waals surface area contributed by atoms with Crippen LogP contribution >= 0.6 is 15.9 Å². The molecule has 6 heteroatoms. The summed E-state index contributed by atoms with van der Waals surface area (Å²) in [6.45, 7) is 5.44. The summed E-state index contributed by atoms with van der Waals surface area (Å²) in [5.74, 6) is 0. The third-order valence-corrected chi connectivity index (χ3v) is 6.01. The molecular weight excluding hydrogens is 328 g/mol. The maximum Gasteiger partial charge on any atom is 0.243 e.